The number of amides is 2. The molecule has 13 heteroatoms. The summed E-state index contributed by atoms with van der Waals surface area (Å²) in [5, 5.41) is 20.6. The van der Waals surface area contributed by atoms with Gasteiger partial charge >= 0.3 is 0 Å². The van der Waals surface area contributed by atoms with E-state index in [0.29, 0.717) is 57.7 Å². The lowest BCUT2D eigenvalue weighted by Gasteiger charge is -2.30. The summed E-state index contributed by atoms with van der Waals surface area (Å²) in [6.07, 6.45) is 2.28. The van der Waals surface area contributed by atoms with Gasteiger partial charge in [-0.3, -0.25) is 9.59 Å². The highest BCUT2D eigenvalue weighted by Gasteiger charge is 2.47. The molecule has 2 aromatic heterocycles. The van der Waals surface area contributed by atoms with Gasteiger partial charge in [0.1, 0.15) is 46.1 Å². The van der Waals surface area contributed by atoms with Gasteiger partial charge in [-0.05, 0) is 36.8 Å². The largest absolute Gasteiger partial charge is 0.495 e. The number of halogens is 2. The van der Waals surface area contributed by atoms with Crippen LogP contribution in [0.15, 0.2) is 72.9 Å². The van der Waals surface area contributed by atoms with Crippen LogP contribution in [-0.2, 0) is 21.6 Å². The van der Waals surface area contributed by atoms with Crippen LogP contribution in [0.4, 0.5) is 4.39 Å². The number of carbonyl (C=O) groups is 2. The Balaban J connectivity index is 1.33. The van der Waals surface area contributed by atoms with E-state index in [0.717, 1.165) is 0 Å². The Morgan fingerprint density at radius 1 is 1.10 bits per heavy atom. The second-order valence-corrected chi connectivity index (χ2v) is 12.9. The van der Waals surface area contributed by atoms with Gasteiger partial charge in [0, 0.05) is 41.1 Å². The minimum absolute atomic E-state index is 0.0533. The van der Waals surface area contributed by atoms with Crippen molar-refractivity contribution in [2.24, 2.45) is 5.73 Å². The third-order valence-electron chi connectivity index (χ3n) is 9.36. The zero-order valence-corrected chi connectivity index (χ0v) is 27.7. The Kier molecular flexibility index (Phi) is 7.75. The minimum atomic E-state index is -1.93. The van der Waals surface area contributed by atoms with Gasteiger partial charge in [-0.15, -0.1) is 0 Å². The summed E-state index contributed by atoms with van der Waals surface area (Å²) in [7, 11) is 2.93. The number of benzene rings is 3. The van der Waals surface area contributed by atoms with Gasteiger partial charge in [-0.1, -0.05) is 54.1 Å². The molecule has 0 radical (unpaired) electrons. The molecule has 0 saturated heterocycles. The number of nitrogens with two attached hydrogens (primary N) is 1. The molecule has 1 aliphatic heterocycles. The van der Waals surface area contributed by atoms with Gasteiger partial charge in [0.2, 0.25) is 11.7 Å². The number of aliphatic hydroxyl groups is 1. The summed E-state index contributed by atoms with van der Waals surface area (Å²) < 4.78 is 33.1. The van der Waals surface area contributed by atoms with Crippen LogP contribution in [0.1, 0.15) is 46.9 Å². The van der Waals surface area contributed by atoms with E-state index >= 15 is 0 Å². The molecule has 0 bridgehead atoms. The summed E-state index contributed by atoms with van der Waals surface area (Å²) in [5.74, 6) is -1.72. The molecule has 2 aliphatic rings. The van der Waals surface area contributed by atoms with Crippen LogP contribution in [-0.4, -0.2) is 59.1 Å². The maximum Gasteiger partial charge on any atom is 0.251 e. The molecule has 252 valence electrons. The number of hydrogen-bond donors (Lipinski definition) is 3. The first-order chi connectivity index (χ1) is 23.4. The van der Waals surface area contributed by atoms with Crippen LogP contribution in [0, 0.1) is 0 Å². The molecule has 5 aromatic rings. The number of rotatable bonds is 10. The van der Waals surface area contributed by atoms with Crippen molar-refractivity contribution in [2.75, 3.05) is 27.4 Å². The number of aromatic nitrogens is 3. The van der Waals surface area contributed by atoms with Crippen molar-refractivity contribution in [3.63, 3.8) is 0 Å². The molecule has 3 heterocycles. The first kappa shape index (κ1) is 32.4. The molecule has 49 heavy (non-hydrogen) atoms. The molecule has 1 fully saturated rings. The SMILES string of the molecule is COc1cccc(-c2nc([C@@](O)(CNC(=O)c3cc(OC)c4nn(C5(F)CC5)cc4c3)c3ccccc3)cc3c2OC[C@]3(C)C(N)=O)c1Cl. The van der Waals surface area contributed by atoms with Crippen LogP contribution < -0.4 is 25.3 Å². The highest BCUT2D eigenvalue weighted by Crippen LogP contribution is 2.49. The number of carbonyl (C=O) groups excluding carboxylic acids is 2. The van der Waals surface area contributed by atoms with Crippen molar-refractivity contribution in [1.29, 1.82) is 0 Å². The number of alkyl halides is 1. The molecular weight excluding hydrogens is 653 g/mol. The van der Waals surface area contributed by atoms with E-state index in [-0.39, 0.29) is 35.1 Å². The van der Waals surface area contributed by atoms with Gasteiger partial charge in [0.25, 0.3) is 5.91 Å². The van der Waals surface area contributed by atoms with E-state index < -0.39 is 28.6 Å². The van der Waals surface area contributed by atoms with Gasteiger partial charge < -0.3 is 30.4 Å². The van der Waals surface area contributed by atoms with E-state index in [4.69, 9.17) is 36.5 Å². The highest BCUT2D eigenvalue weighted by atomic mass is 35.5. The lowest BCUT2D eigenvalue weighted by molar-refractivity contribution is -0.123. The van der Waals surface area contributed by atoms with E-state index in [1.165, 1.54) is 25.0 Å². The number of primary amides is 1. The number of pyridine rings is 1. The lowest BCUT2D eigenvalue weighted by atomic mass is 9.80. The summed E-state index contributed by atoms with van der Waals surface area (Å²) in [5.41, 5.74) is 4.97. The highest BCUT2D eigenvalue weighted by molar-refractivity contribution is 6.34. The maximum atomic E-state index is 14.8. The van der Waals surface area contributed by atoms with E-state index in [2.05, 4.69) is 10.4 Å². The predicted octanol–water partition coefficient (Wildman–Crippen LogP) is 4.99. The Labute approximate surface area is 285 Å². The van der Waals surface area contributed by atoms with Crippen LogP contribution in [0.5, 0.6) is 17.2 Å². The maximum absolute atomic E-state index is 14.8. The van der Waals surface area contributed by atoms with Crippen molar-refractivity contribution in [3.8, 4) is 28.5 Å². The second-order valence-electron chi connectivity index (χ2n) is 12.6. The smallest absolute Gasteiger partial charge is 0.251 e. The summed E-state index contributed by atoms with van der Waals surface area (Å²) in [6.45, 7) is 1.27. The fraction of sp³-hybridized carbons (Fsp3) is 0.278. The van der Waals surface area contributed by atoms with Crippen molar-refractivity contribution in [3.05, 3.63) is 100 Å². The number of nitrogens with zero attached hydrogens (tertiary/aromatic N) is 3. The first-order valence-electron chi connectivity index (χ1n) is 15.6. The summed E-state index contributed by atoms with van der Waals surface area (Å²) in [6, 6.07) is 18.5. The third-order valence-corrected chi connectivity index (χ3v) is 9.75. The van der Waals surface area contributed by atoms with Crippen LogP contribution in [0.2, 0.25) is 5.02 Å². The number of methoxy groups -OCH3 is 2. The number of fused-ring (bicyclic) bond motifs is 2. The Morgan fingerprint density at radius 2 is 1.84 bits per heavy atom. The first-order valence-corrected chi connectivity index (χ1v) is 15.9. The molecule has 2 amide bonds. The molecule has 7 rings (SSSR count). The van der Waals surface area contributed by atoms with Crippen molar-refractivity contribution >= 4 is 34.3 Å². The normalized spacial score (nSPS) is 18.7. The van der Waals surface area contributed by atoms with E-state index in [9.17, 15) is 19.1 Å². The van der Waals surface area contributed by atoms with Gasteiger partial charge in [0.05, 0.1) is 31.5 Å². The van der Waals surface area contributed by atoms with E-state index in [1.54, 1.807) is 73.8 Å². The average molecular weight is 686 g/mol. The van der Waals surface area contributed by atoms with Crippen molar-refractivity contribution in [1.82, 2.24) is 20.1 Å². The fourth-order valence-corrected chi connectivity index (χ4v) is 6.42. The molecule has 1 saturated carbocycles. The molecule has 0 spiro atoms. The van der Waals surface area contributed by atoms with Gasteiger partial charge in [-0.2, -0.15) is 5.10 Å². The van der Waals surface area contributed by atoms with E-state index in [1.807, 2.05) is 0 Å². The summed E-state index contributed by atoms with van der Waals surface area (Å²) in [4.78, 5) is 31.5. The van der Waals surface area contributed by atoms with Crippen molar-refractivity contribution < 1.29 is 33.3 Å². The van der Waals surface area contributed by atoms with Crippen LogP contribution in [0.3, 0.4) is 0 Å². The van der Waals surface area contributed by atoms with Gasteiger partial charge in [-0.25, -0.2) is 14.1 Å². The zero-order chi connectivity index (χ0) is 34.7. The molecule has 1 aliphatic carbocycles. The number of hydrogen-bond acceptors (Lipinski definition) is 8. The molecule has 4 N–H and O–H groups in total. The third kappa shape index (κ3) is 5.31. The quantitative estimate of drug-likeness (QED) is 0.186. The fourth-order valence-electron chi connectivity index (χ4n) is 6.13. The standard InChI is InChI=1S/C36H33ClFN5O6/c1-34(33(39)45)19-49-31-24(34)16-27(41-30(31)23-10-7-11-25(47-2)28(23)37)36(46,22-8-5-4-6-9-22)18-40-32(44)20-14-21-17-43(35(38)12-13-35)42-29(21)26(15-20)48-3/h4-11,14-17,46H,12-13,18-19H2,1-3H3,(H2,39,45)(H,40,44)/t34-,36+/m0/s1. The predicted molar refractivity (Wildman–Crippen MR) is 180 cm³/mol. The minimum Gasteiger partial charge on any atom is -0.495 e. The molecule has 2 atom stereocenters. The Bertz CT molecular complexity index is 2140. The molecule has 3 aromatic carbocycles. The monoisotopic (exact) mass is 685 g/mol. The second kappa shape index (κ2) is 11.7. The topological polar surface area (TPSA) is 151 Å². The summed E-state index contributed by atoms with van der Waals surface area (Å²) >= 11 is 6.76. The van der Waals surface area contributed by atoms with Gasteiger partial charge in [0.15, 0.2) is 0 Å². The zero-order valence-electron chi connectivity index (χ0n) is 26.9. The van der Waals surface area contributed by atoms with Crippen molar-refractivity contribution in [2.45, 2.75) is 36.6 Å². The average Bonchev–Trinajstić information content (AvgIpc) is 3.54. The number of ether oxygens (including phenoxy) is 3. The lowest BCUT2D eigenvalue weighted by Crippen LogP contribution is -2.43. The Hall–Kier alpha value is -5.20. The Morgan fingerprint density at radius 3 is 2.51 bits per heavy atom. The van der Waals surface area contributed by atoms with Crippen LogP contribution in [0.25, 0.3) is 22.2 Å². The van der Waals surface area contributed by atoms with Crippen LogP contribution >= 0.6 is 11.6 Å². The molecular formula is C36H33ClFN5O6. The molecule has 0 unspecified atom stereocenters. The number of nitrogens with one attached hydrogen (secondary N) is 1. The molecule has 11 nitrogen and oxygen atoms in total.